The van der Waals surface area contributed by atoms with Gasteiger partial charge in [-0.05, 0) is 66.9 Å². The van der Waals surface area contributed by atoms with Crippen LogP contribution in [0.5, 0.6) is 0 Å². The van der Waals surface area contributed by atoms with E-state index in [0.29, 0.717) is 12.1 Å². The SMILES string of the molecule is CCCNC(C)c1ccc(N(C)C(C)CC)c(Br)c1. The van der Waals surface area contributed by atoms with E-state index in [2.05, 4.69) is 79.1 Å². The topological polar surface area (TPSA) is 15.3 Å². The van der Waals surface area contributed by atoms with Gasteiger partial charge in [0.2, 0.25) is 0 Å². The molecule has 0 fully saturated rings. The van der Waals surface area contributed by atoms with Crippen LogP contribution in [0.2, 0.25) is 0 Å². The minimum Gasteiger partial charge on any atom is -0.371 e. The van der Waals surface area contributed by atoms with Crippen molar-refractivity contribution in [2.75, 3.05) is 18.5 Å². The summed E-state index contributed by atoms with van der Waals surface area (Å²) in [6.07, 6.45) is 2.32. The average Bonchev–Trinajstić information content (AvgIpc) is 2.42. The van der Waals surface area contributed by atoms with Crippen LogP contribution < -0.4 is 10.2 Å². The van der Waals surface area contributed by atoms with Gasteiger partial charge in [0.25, 0.3) is 0 Å². The van der Waals surface area contributed by atoms with Crippen molar-refractivity contribution in [2.24, 2.45) is 0 Å². The molecule has 1 rings (SSSR count). The van der Waals surface area contributed by atoms with Gasteiger partial charge in [0.1, 0.15) is 0 Å². The highest BCUT2D eigenvalue weighted by atomic mass is 79.9. The molecule has 2 unspecified atom stereocenters. The fourth-order valence-electron chi connectivity index (χ4n) is 2.07. The number of nitrogens with one attached hydrogen (secondary N) is 1. The van der Waals surface area contributed by atoms with Crippen LogP contribution in [0.1, 0.15) is 52.1 Å². The number of hydrogen-bond donors (Lipinski definition) is 1. The molecule has 0 saturated carbocycles. The third-order valence-corrected chi connectivity index (χ3v) is 4.44. The fourth-order valence-corrected chi connectivity index (χ4v) is 2.74. The lowest BCUT2D eigenvalue weighted by molar-refractivity contribution is 0.570. The van der Waals surface area contributed by atoms with Gasteiger partial charge in [0.05, 0.1) is 5.69 Å². The van der Waals surface area contributed by atoms with Crippen LogP contribution in [0.15, 0.2) is 22.7 Å². The molecule has 0 aromatic heterocycles. The molecule has 2 nitrogen and oxygen atoms in total. The monoisotopic (exact) mass is 326 g/mol. The number of nitrogens with zero attached hydrogens (tertiary/aromatic N) is 1. The zero-order valence-electron chi connectivity index (χ0n) is 12.8. The molecule has 3 heteroatoms. The van der Waals surface area contributed by atoms with Gasteiger partial charge in [-0.15, -0.1) is 0 Å². The van der Waals surface area contributed by atoms with Crippen LogP contribution in [0.25, 0.3) is 0 Å². The first-order chi connectivity index (χ1) is 9.01. The van der Waals surface area contributed by atoms with E-state index < -0.39 is 0 Å². The summed E-state index contributed by atoms with van der Waals surface area (Å²) in [7, 11) is 2.16. The van der Waals surface area contributed by atoms with Crippen LogP contribution >= 0.6 is 15.9 Å². The Kier molecular flexibility index (Phi) is 6.87. The second kappa shape index (κ2) is 7.91. The summed E-state index contributed by atoms with van der Waals surface area (Å²) in [5, 5.41) is 3.52. The Morgan fingerprint density at radius 2 is 1.95 bits per heavy atom. The van der Waals surface area contributed by atoms with Crippen LogP contribution in [0.4, 0.5) is 5.69 Å². The largest absolute Gasteiger partial charge is 0.371 e. The van der Waals surface area contributed by atoms with E-state index >= 15 is 0 Å². The lowest BCUT2D eigenvalue weighted by Crippen LogP contribution is -2.28. The van der Waals surface area contributed by atoms with Gasteiger partial charge in [0, 0.05) is 23.6 Å². The molecule has 0 spiro atoms. The van der Waals surface area contributed by atoms with Crippen LogP contribution in [-0.2, 0) is 0 Å². The van der Waals surface area contributed by atoms with Gasteiger partial charge in [-0.2, -0.15) is 0 Å². The second-order valence-corrected chi connectivity index (χ2v) is 6.11. The zero-order chi connectivity index (χ0) is 14.4. The Bertz CT molecular complexity index is 392. The van der Waals surface area contributed by atoms with Crippen LogP contribution in [-0.4, -0.2) is 19.6 Å². The molecule has 0 aliphatic heterocycles. The summed E-state index contributed by atoms with van der Waals surface area (Å²) in [5.41, 5.74) is 2.60. The maximum absolute atomic E-state index is 3.71. The molecule has 0 bridgehead atoms. The molecule has 0 radical (unpaired) electrons. The lowest BCUT2D eigenvalue weighted by Gasteiger charge is -2.28. The minimum atomic E-state index is 0.402. The Balaban J connectivity index is 2.85. The first-order valence-electron chi connectivity index (χ1n) is 7.26. The Hall–Kier alpha value is -0.540. The van der Waals surface area contributed by atoms with Crippen molar-refractivity contribution < 1.29 is 0 Å². The van der Waals surface area contributed by atoms with Crippen molar-refractivity contribution in [1.82, 2.24) is 5.32 Å². The van der Waals surface area contributed by atoms with E-state index in [1.54, 1.807) is 0 Å². The van der Waals surface area contributed by atoms with Crippen molar-refractivity contribution in [3.63, 3.8) is 0 Å². The molecule has 0 saturated heterocycles. The minimum absolute atomic E-state index is 0.402. The summed E-state index contributed by atoms with van der Waals surface area (Å²) in [5.74, 6) is 0. The maximum atomic E-state index is 3.71. The second-order valence-electron chi connectivity index (χ2n) is 5.25. The Morgan fingerprint density at radius 1 is 1.26 bits per heavy atom. The van der Waals surface area contributed by atoms with Crippen molar-refractivity contribution in [3.8, 4) is 0 Å². The third kappa shape index (κ3) is 4.50. The van der Waals surface area contributed by atoms with E-state index in [9.17, 15) is 0 Å². The number of rotatable bonds is 7. The summed E-state index contributed by atoms with van der Waals surface area (Å²) >= 11 is 3.71. The molecular weight excluding hydrogens is 300 g/mol. The third-order valence-electron chi connectivity index (χ3n) is 3.80. The average molecular weight is 327 g/mol. The lowest BCUT2D eigenvalue weighted by atomic mass is 10.1. The van der Waals surface area contributed by atoms with E-state index in [0.717, 1.165) is 13.0 Å². The highest BCUT2D eigenvalue weighted by Crippen LogP contribution is 2.30. The first kappa shape index (κ1) is 16.5. The summed E-state index contributed by atoms with van der Waals surface area (Å²) < 4.78 is 1.18. The molecular formula is C16H27BrN2. The van der Waals surface area contributed by atoms with Crippen LogP contribution in [0.3, 0.4) is 0 Å². The van der Waals surface area contributed by atoms with Crippen LogP contribution in [0, 0.1) is 0 Å². The maximum Gasteiger partial charge on any atom is 0.0510 e. The van der Waals surface area contributed by atoms with Crippen molar-refractivity contribution in [1.29, 1.82) is 0 Å². The molecule has 0 heterocycles. The molecule has 1 aromatic rings. The van der Waals surface area contributed by atoms with Crippen molar-refractivity contribution in [2.45, 2.75) is 52.6 Å². The Labute approximate surface area is 126 Å². The molecule has 108 valence electrons. The molecule has 1 aromatic carbocycles. The summed E-state index contributed by atoms with van der Waals surface area (Å²) in [4.78, 5) is 2.33. The van der Waals surface area contributed by atoms with Gasteiger partial charge in [0.15, 0.2) is 0 Å². The highest BCUT2D eigenvalue weighted by Gasteiger charge is 2.13. The predicted octanol–water partition coefficient (Wildman–Crippen LogP) is 4.74. The number of halogens is 1. The van der Waals surface area contributed by atoms with E-state index in [4.69, 9.17) is 0 Å². The molecule has 1 N–H and O–H groups in total. The predicted molar refractivity (Wildman–Crippen MR) is 89.0 cm³/mol. The highest BCUT2D eigenvalue weighted by molar-refractivity contribution is 9.10. The van der Waals surface area contributed by atoms with Gasteiger partial charge in [-0.1, -0.05) is 19.9 Å². The van der Waals surface area contributed by atoms with Gasteiger partial charge in [-0.3, -0.25) is 0 Å². The van der Waals surface area contributed by atoms with E-state index in [1.807, 2.05) is 0 Å². The molecule has 2 atom stereocenters. The normalized spacial score (nSPS) is 14.2. The van der Waals surface area contributed by atoms with Gasteiger partial charge >= 0.3 is 0 Å². The first-order valence-corrected chi connectivity index (χ1v) is 8.06. The van der Waals surface area contributed by atoms with Gasteiger partial charge < -0.3 is 10.2 Å². The molecule has 0 aliphatic rings. The number of benzene rings is 1. The molecule has 19 heavy (non-hydrogen) atoms. The quantitative estimate of drug-likeness (QED) is 0.778. The smallest absolute Gasteiger partial charge is 0.0510 e. The molecule has 0 amide bonds. The van der Waals surface area contributed by atoms with Crippen molar-refractivity contribution >= 4 is 21.6 Å². The summed E-state index contributed by atoms with van der Waals surface area (Å²) in [6.45, 7) is 9.95. The van der Waals surface area contributed by atoms with E-state index in [-0.39, 0.29) is 0 Å². The number of hydrogen-bond acceptors (Lipinski definition) is 2. The Morgan fingerprint density at radius 3 is 2.47 bits per heavy atom. The standard InChI is InChI=1S/C16H27BrN2/c1-6-10-18-13(4)14-8-9-16(15(17)11-14)19(5)12(3)7-2/h8-9,11-13,18H,6-7,10H2,1-5H3. The van der Waals surface area contributed by atoms with Gasteiger partial charge in [-0.25, -0.2) is 0 Å². The van der Waals surface area contributed by atoms with E-state index in [1.165, 1.54) is 22.1 Å². The summed E-state index contributed by atoms with van der Waals surface area (Å²) in [6, 6.07) is 7.64. The fraction of sp³-hybridized carbons (Fsp3) is 0.625. The number of anilines is 1. The molecule has 0 aliphatic carbocycles. The van der Waals surface area contributed by atoms with Crippen molar-refractivity contribution in [3.05, 3.63) is 28.2 Å². The zero-order valence-corrected chi connectivity index (χ0v) is 14.4.